The zero-order valence-electron chi connectivity index (χ0n) is 14.4. The van der Waals surface area contributed by atoms with E-state index in [1.165, 1.54) is 11.3 Å². The summed E-state index contributed by atoms with van der Waals surface area (Å²) < 4.78 is 5.03. The molecule has 25 heavy (non-hydrogen) atoms. The minimum atomic E-state index is 0.0982. The average molecular weight is 401 g/mol. The lowest BCUT2D eigenvalue weighted by atomic mass is 10.2. The number of hydrogen-bond donors (Lipinski definition) is 0. The summed E-state index contributed by atoms with van der Waals surface area (Å²) >= 11 is 13.7. The van der Waals surface area contributed by atoms with Crippen molar-refractivity contribution in [3.8, 4) is 11.3 Å². The molecule has 0 unspecified atom stereocenters. The van der Waals surface area contributed by atoms with Gasteiger partial charge in [0.05, 0.1) is 10.7 Å². The fraction of sp³-hybridized carbons (Fsp3) is 0.444. The van der Waals surface area contributed by atoms with Gasteiger partial charge in [0.1, 0.15) is 0 Å². The molecule has 0 saturated carbocycles. The molecule has 0 aliphatic carbocycles. The number of halogens is 2. The molecule has 1 heterocycles. The summed E-state index contributed by atoms with van der Waals surface area (Å²) in [4.78, 5) is 19.0. The molecule has 0 N–H and O–H groups in total. The summed E-state index contributed by atoms with van der Waals surface area (Å²) in [5, 5.41) is 3.77. The Labute approximate surface area is 162 Å². The highest BCUT2D eigenvalue weighted by atomic mass is 35.5. The number of anilines is 1. The predicted octanol–water partition coefficient (Wildman–Crippen LogP) is 5.68. The summed E-state index contributed by atoms with van der Waals surface area (Å²) in [6, 6.07) is 5.33. The number of aromatic nitrogens is 1. The first-order chi connectivity index (χ1) is 12.1. The van der Waals surface area contributed by atoms with Crippen LogP contribution in [0.15, 0.2) is 23.6 Å². The first kappa shape index (κ1) is 20.2. The molecule has 0 saturated heterocycles. The van der Waals surface area contributed by atoms with Crippen LogP contribution in [-0.2, 0) is 9.53 Å². The normalized spacial score (nSPS) is 10.9. The van der Waals surface area contributed by atoms with E-state index >= 15 is 0 Å². The number of thiazole rings is 1. The molecule has 4 nitrogen and oxygen atoms in total. The predicted molar refractivity (Wildman–Crippen MR) is 106 cm³/mol. The van der Waals surface area contributed by atoms with Crippen LogP contribution in [0.4, 0.5) is 5.13 Å². The second-order valence-corrected chi connectivity index (χ2v) is 7.31. The van der Waals surface area contributed by atoms with Crippen molar-refractivity contribution in [1.82, 2.24) is 4.98 Å². The van der Waals surface area contributed by atoms with Crippen LogP contribution in [0.2, 0.25) is 10.0 Å². The summed E-state index contributed by atoms with van der Waals surface area (Å²) in [6.45, 7) is 3.39. The first-order valence-corrected chi connectivity index (χ1v) is 9.90. The van der Waals surface area contributed by atoms with Crippen LogP contribution in [0, 0.1) is 0 Å². The lowest BCUT2D eigenvalue weighted by Crippen LogP contribution is -2.31. The molecule has 7 heteroatoms. The first-order valence-electron chi connectivity index (χ1n) is 8.27. The molecule has 0 aliphatic rings. The molecule has 0 fully saturated rings. The third kappa shape index (κ3) is 5.68. The van der Waals surface area contributed by atoms with E-state index in [2.05, 4.69) is 11.9 Å². The van der Waals surface area contributed by atoms with E-state index in [1.54, 1.807) is 24.1 Å². The van der Waals surface area contributed by atoms with Crippen molar-refractivity contribution in [2.45, 2.75) is 32.6 Å². The number of carbonyl (C=O) groups excluding carboxylic acids is 1. The maximum Gasteiger partial charge on any atom is 0.228 e. The van der Waals surface area contributed by atoms with E-state index in [1.807, 2.05) is 11.4 Å². The Hall–Kier alpha value is -1.14. The number of unbranched alkanes of at least 4 members (excludes halogenated alkanes) is 1. The zero-order chi connectivity index (χ0) is 18.2. The molecule has 0 atom stereocenters. The van der Waals surface area contributed by atoms with Gasteiger partial charge in [-0.05, 0) is 37.5 Å². The molecule has 0 spiro atoms. The molecule has 2 rings (SSSR count). The van der Waals surface area contributed by atoms with Gasteiger partial charge < -0.3 is 4.74 Å². The van der Waals surface area contributed by atoms with Gasteiger partial charge in [-0.25, -0.2) is 4.98 Å². The molecular weight excluding hydrogens is 379 g/mol. The van der Waals surface area contributed by atoms with Gasteiger partial charge >= 0.3 is 0 Å². The largest absolute Gasteiger partial charge is 0.385 e. The summed E-state index contributed by atoms with van der Waals surface area (Å²) in [5.41, 5.74) is 1.58. The minimum absolute atomic E-state index is 0.0982. The number of hydrogen-bond acceptors (Lipinski definition) is 4. The highest BCUT2D eigenvalue weighted by Crippen LogP contribution is 2.33. The molecule has 1 amide bonds. The highest BCUT2D eigenvalue weighted by molar-refractivity contribution is 7.14. The Bertz CT molecular complexity index is 706. The van der Waals surface area contributed by atoms with Crippen molar-refractivity contribution >= 4 is 45.6 Å². The van der Waals surface area contributed by atoms with Crippen molar-refractivity contribution in [2.24, 2.45) is 0 Å². The Morgan fingerprint density at radius 1 is 1.32 bits per heavy atom. The summed E-state index contributed by atoms with van der Waals surface area (Å²) in [6.07, 6.45) is 3.07. The maximum atomic E-state index is 12.6. The molecule has 1 aromatic heterocycles. The third-order valence-corrected chi connectivity index (χ3v) is 5.08. The summed E-state index contributed by atoms with van der Waals surface area (Å²) in [5.74, 6) is 0.0982. The second-order valence-electron chi connectivity index (χ2n) is 5.63. The number of carbonyl (C=O) groups is 1. The van der Waals surface area contributed by atoms with Crippen molar-refractivity contribution < 1.29 is 9.53 Å². The van der Waals surface area contributed by atoms with Gasteiger partial charge in [-0.1, -0.05) is 30.1 Å². The van der Waals surface area contributed by atoms with E-state index in [0.717, 1.165) is 30.5 Å². The average Bonchev–Trinajstić information content (AvgIpc) is 3.05. The zero-order valence-corrected chi connectivity index (χ0v) is 16.8. The molecule has 0 radical (unpaired) electrons. The van der Waals surface area contributed by atoms with Gasteiger partial charge in [-0.2, -0.15) is 0 Å². The smallest absolute Gasteiger partial charge is 0.228 e. The molecule has 2 aromatic rings. The lowest BCUT2D eigenvalue weighted by Gasteiger charge is -2.19. The Morgan fingerprint density at radius 2 is 2.12 bits per heavy atom. The fourth-order valence-electron chi connectivity index (χ4n) is 2.42. The molecule has 0 bridgehead atoms. The second kappa shape index (κ2) is 10.1. The molecule has 1 aromatic carbocycles. The van der Waals surface area contributed by atoms with Crippen LogP contribution in [0.1, 0.15) is 32.6 Å². The van der Waals surface area contributed by atoms with Crippen LogP contribution in [-0.4, -0.2) is 31.2 Å². The van der Waals surface area contributed by atoms with Crippen LogP contribution in [0.25, 0.3) is 11.3 Å². The molecule has 0 aliphatic heterocycles. The highest BCUT2D eigenvalue weighted by Gasteiger charge is 2.19. The van der Waals surface area contributed by atoms with Gasteiger partial charge in [-0.15, -0.1) is 11.3 Å². The topological polar surface area (TPSA) is 42.4 Å². The van der Waals surface area contributed by atoms with Gasteiger partial charge in [0.2, 0.25) is 5.91 Å². The van der Waals surface area contributed by atoms with Gasteiger partial charge in [0.15, 0.2) is 5.13 Å². The Morgan fingerprint density at radius 3 is 2.80 bits per heavy atom. The van der Waals surface area contributed by atoms with Crippen molar-refractivity contribution in [1.29, 1.82) is 0 Å². The third-order valence-electron chi connectivity index (χ3n) is 3.67. The van der Waals surface area contributed by atoms with E-state index in [9.17, 15) is 4.79 Å². The van der Waals surface area contributed by atoms with Crippen LogP contribution in [0.3, 0.4) is 0 Å². The molecule has 136 valence electrons. The lowest BCUT2D eigenvalue weighted by molar-refractivity contribution is -0.118. The Kier molecular flexibility index (Phi) is 8.16. The standard InChI is InChI=1S/C18H22Cl2N2O2S/c1-3-9-22(17(23)6-4-5-10-24-2)18-21-16(12-25-18)14-8-7-13(19)11-15(14)20/h7-8,11-12H,3-6,9-10H2,1-2H3. The van der Waals surface area contributed by atoms with Crippen LogP contribution < -0.4 is 4.90 Å². The minimum Gasteiger partial charge on any atom is -0.385 e. The summed E-state index contributed by atoms with van der Waals surface area (Å²) in [7, 11) is 1.67. The monoisotopic (exact) mass is 400 g/mol. The SMILES string of the molecule is CCCN(C(=O)CCCCOC)c1nc(-c2ccc(Cl)cc2Cl)cs1. The number of ether oxygens (including phenoxy) is 1. The number of benzene rings is 1. The van der Waals surface area contributed by atoms with Gasteiger partial charge in [-0.3, -0.25) is 9.69 Å². The number of methoxy groups -OCH3 is 1. The van der Waals surface area contributed by atoms with Gasteiger partial charge in [0, 0.05) is 42.6 Å². The van der Waals surface area contributed by atoms with Crippen molar-refractivity contribution in [3.63, 3.8) is 0 Å². The van der Waals surface area contributed by atoms with Gasteiger partial charge in [0.25, 0.3) is 0 Å². The van der Waals surface area contributed by atoms with E-state index in [-0.39, 0.29) is 5.91 Å². The number of amides is 1. The van der Waals surface area contributed by atoms with Crippen molar-refractivity contribution in [2.75, 3.05) is 25.2 Å². The van der Waals surface area contributed by atoms with E-state index in [4.69, 9.17) is 27.9 Å². The number of nitrogens with zero attached hydrogens (tertiary/aromatic N) is 2. The maximum absolute atomic E-state index is 12.6. The molecular formula is C18H22Cl2N2O2S. The quantitative estimate of drug-likeness (QED) is 0.508. The van der Waals surface area contributed by atoms with E-state index < -0.39 is 0 Å². The van der Waals surface area contributed by atoms with Crippen molar-refractivity contribution in [3.05, 3.63) is 33.6 Å². The van der Waals surface area contributed by atoms with Crippen LogP contribution in [0.5, 0.6) is 0 Å². The van der Waals surface area contributed by atoms with E-state index in [0.29, 0.717) is 34.7 Å². The van der Waals surface area contributed by atoms with Crippen LogP contribution >= 0.6 is 34.5 Å². The Balaban J connectivity index is 2.14. The fourth-order valence-corrected chi connectivity index (χ4v) is 3.79. The number of rotatable bonds is 9.